The smallest absolute Gasteiger partial charge is 0.336 e. The van der Waals surface area contributed by atoms with Crippen LogP contribution in [0.5, 0.6) is 5.75 Å². The molecule has 1 aromatic carbocycles. The van der Waals surface area contributed by atoms with Crippen molar-refractivity contribution in [3.05, 3.63) is 40.2 Å². The van der Waals surface area contributed by atoms with Crippen molar-refractivity contribution in [1.82, 2.24) is 0 Å². The van der Waals surface area contributed by atoms with Crippen LogP contribution in [0.25, 0.3) is 11.0 Å². The van der Waals surface area contributed by atoms with E-state index in [-0.39, 0.29) is 11.3 Å². The molecule has 0 saturated carbocycles. The number of hydrogen-bond acceptors (Lipinski definition) is 28. The van der Waals surface area contributed by atoms with Gasteiger partial charge in [-0.25, -0.2) is 4.79 Å². The molecule has 0 spiro atoms. The molecule has 386 valence electrons. The fourth-order valence-corrected chi connectivity index (χ4v) is 8.63. The predicted octanol–water partition coefficient (Wildman–Crippen LogP) is -9.42. The second-order valence-corrected chi connectivity index (χ2v) is 17.0. The maximum Gasteiger partial charge on any atom is 0.336 e. The molecular formula is C40H58O28. The van der Waals surface area contributed by atoms with Crippen molar-refractivity contribution in [2.75, 3.05) is 33.0 Å². The number of ether oxygens (including phenoxy) is 10. The second kappa shape index (κ2) is 22.3. The maximum absolute atomic E-state index is 11.9. The van der Waals surface area contributed by atoms with Crippen LogP contribution >= 0.6 is 0 Å². The molecule has 16 N–H and O–H groups in total. The molecule has 0 aliphatic carbocycles. The van der Waals surface area contributed by atoms with E-state index in [0.717, 1.165) is 0 Å². The van der Waals surface area contributed by atoms with Crippen molar-refractivity contribution in [3.8, 4) is 5.75 Å². The van der Waals surface area contributed by atoms with Gasteiger partial charge in [-0.15, -0.1) is 0 Å². The van der Waals surface area contributed by atoms with E-state index in [9.17, 15) is 86.5 Å². The lowest BCUT2D eigenvalue weighted by atomic mass is 9.95. The standard InChI is InChI=1S/C40H58O28/c1-11-4-20(46)59-14-5-12(2-3-13(11)14)58-36-28(54)23(49)32(16(7-42)61-36)66-38-30(56)25(51)34(18(9-44)63-38)68-40-31(57)26(52)35(19(10-45)64-40)67-39-29(55)24(50)33(17(8-43)62-39)65-37-27(53)22(48)21(47)15(6-41)60-37/h2-5,15-19,21-45,47-57H,6-10H2,1H3/t15?,16?,17?,18?,19?,21-,22+,23-,24-,25-,26-,27?,28?,29?,30?,31?,32-,33-,34-,35-,36-,37+,38+,39+,40+/m1/s1. The first kappa shape index (κ1) is 53.0. The van der Waals surface area contributed by atoms with Gasteiger partial charge in [-0.05, 0) is 24.6 Å². The number of aliphatic hydroxyl groups is 16. The number of aryl methyl sites for hydroxylation is 1. The van der Waals surface area contributed by atoms with Gasteiger partial charge in [0.1, 0.15) is 133 Å². The third-order valence-electron chi connectivity index (χ3n) is 12.5. The third-order valence-corrected chi connectivity index (χ3v) is 12.5. The number of benzene rings is 1. The summed E-state index contributed by atoms with van der Waals surface area (Å²) in [4.78, 5) is 11.9. The Hall–Kier alpha value is -2.77. The minimum Gasteiger partial charge on any atom is -0.462 e. The first-order valence-electron chi connectivity index (χ1n) is 21.5. The van der Waals surface area contributed by atoms with Crippen LogP contribution in [0.15, 0.2) is 33.5 Å². The Morgan fingerprint density at radius 3 is 1.15 bits per heavy atom. The molecule has 5 saturated heterocycles. The van der Waals surface area contributed by atoms with Gasteiger partial charge in [0.05, 0.1) is 33.0 Å². The quantitative estimate of drug-likeness (QED) is 0.0737. The number of rotatable bonds is 15. The summed E-state index contributed by atoms with van der Waals surface area (Å²) < 4.78 is 61.4. The van der Waals surface area contributed by atoms with Crippen LogP contribution in [0.3, 0.4) is 0 Å². The van der Waals surface area contributed by atoms with E-state index in [1.54, 1.807) is 13.0 Å². The van der Waals surface area contributed by atoms with Gasteiger partial charge in [0.2, 0.25) is 6.29 Å². The molecule has 10 unspecified atom stereocenters. The van der Waals surface area contributed by atoms with Crippen molar-refractivity contribution in [2.45, 2.75) is 160 Å². The highest BCUT2D eigenvalue weighted by molar-refractivity contribution is 5.81. The Morgan fingerprint density at radius 2 is 0.765 bits per heavy atom. The highest BCUT2D eigenvalue weighted by Crippen LogP contribution is 2.36. The number of fused-ring (bicyclic) bond motifs is 1. The summed E-state index contributed by atoms with van der Waals surface area (Å²) >= 11 is 0. The molecule has 0 radical (unpaired) electrons. The first-order chi connectivity index (χ1) is 32.3. The molecular weight excluding hydrogens is 928 g/mol. The maximum atomic E-state index is 11.9. The van der Waals surface area contributed by atoms with Gasteiger partial charge in [-0.1, -0.05) is 0 Å². The van der Waals surface area contributed by atoms with Gasteiger partial charge in [0.25, 0.3) is 0 Å². The minimum absolute atomic E-state index is 0.0458. The van der Waals surface area contributed by atoms with E-state index in [2.05, 4.69) is 0 Å². The van der Waals surface area contributed by atoms with E-state index in [0.29, 0.717) is 10.9 Å². The molecule has 7 rings (SSSR count). The van der Waals surface area contributed by atoms with Crippen molar-refractivity contribution < 1.29 is 133 Å². The molecule has 5 fully saturated rings. The Kier molecular flexibility index (Phi) is 17.4. The summed E-state index contributed by atoms with van der Waals surface area (Å²) in [5, 5.41) is 170. The fraction of sp³-hybridized carbons (Fsp3) is 0.775. The van der Waals surface area contributed by atoms with E-state index in [1.807, 2.05) is 0 Å². The zero-order chi connectivity index (χ0) is 49.5. The molecule has 5 aliphatic heterocycles. The van der Waals surface area contributed by atoms with Crippen LogP contribution in [0.2, 0.25) is 0 Å². The zero-order valence-corrected chi connectivity index (χ0v) is 35.8. The van der Waals surface area contributed by atoms with Crippen molar-refractivity contribution >= 4 is 11.0 Å². The summed E-state index contributed by atoms with van der Waals surface area (Å²) in [7, 11) is 0. The lowest BCUT2D eigenvalue weighted by Gasteiger charge is -2.49. The van der Waals surface area contributed by atoms with Crippen LogP contribution in [0.1, 0.15) is 5.56 Å². The Balaban J connectivity index is 0.965. The molecule has 2 aromatic rings. The van der Waals surface area contributed by atoms with Crippen molar-refractivity contribution in [3.63, 3.8) is 0 Å². The number of hydrogen-bond donors (Lipinski definition) is 16. The summed E-state index contributed by atoms with van der Waals surface area (Å²) in [6.07, 6.45) is -46.1. The Morgan fingerprint density at radius 1 is 0.426 bits per heavy atom. The van der Waals surface area contributed by atoms with Crippen molar-refractivity contribution in [1.29, 1.82) is 0 Å². The van der Waals surface area contributed by atoms with Crippen molar-refractivity contribution in [2.24, 2.45) is 0 Å². The van der Waals surface area contributed by atoms with Crippen LogP contribution in [0.4, 0.5) is 0 Å². The Labute approximate surface area is 383 Å². The fourth-order valence-electron chi connectivity index (χ4n) is 8.63. The van der Waals surface area contributed by atoms with Crippen LogP contribution in [-0.2, 0) is 42.6 Å². The van der Waals surface area contributed by atoms with Gasteiger partial charge in [-0.3, -0.25) is 0 Å². The average molecular weight is 987 g/mol. The van der Waals surface area contributed by atoms with E-state index < -0.39 is 192 Å². The highest BCUT2D eigenvalue weighted by Gasteiger charge is 2.56. The molecule has 6 heterocycles. The van der Waals surface area contributed by atoms with Gasteiger partial charge >= 0.3 is 5.63 Å². The Bertz CT molecular complexity index is 1990. The molecule has 28 heteroatoms. The normalized spacial score (nSPS) is 45.9. The monoisotopic (exact) mass is 986 g/mol. The van der Waals surface area contributed by atoms with Gasteiger partial charge in [0, 0.05) is 17.5 Å². The molecule has 1 aromatic heterocycles. The van der Waals surface area contributed by atoms with E-state index in [4.69, 9.17) is 51.8 Å². The first-order valence-corrected chi connectivity index (χ1v) is 21.5. The predicted molar refractivity (Wildman–Crippen MR) is 212 cm³/mol. The summed E-state index contributed by atoms with van der Waals surface area (Å²) in [6, 6.07) is 5.71. The summed E-state index contributed by atoms with van der Waals surface area (Å²) in [6.45, 7) is -2.89. The largest absolute Gasteiger partial charge is 0.462 e. The van der Waals surface area contributed by atoms with Gasteiger partial charge in [0.15, 0.2) is 25.2 Å². The summed E-state index contributed by atoms with van der Waals surface area (Å²) in [5.41, 5.74) is 0.157. The lowest BCUT2D eigenvalue weighted by Crippen LogP contribution is -2.68. The molecule has 28 nitrogen and oxygen atoms in total. The average Bonchev–Trinajstić information content (AvgIpc) is 3.32. The van der Waals surface area contributed by atoms with E-state index >= 15 is 0 Å². The molecule has 5 aliphatic rings. The molecule has 25 atom stereocenters. The summed E-state index contributed by atoms with van der Waals surface area (Å²) in [5.74, 6) is 0.0458. The van der Waals surface area contributed by atoms with E-state index in [1.165, 1.54) is 18.2 Å². The minimum atomic E-state index is -2.14. The molecule has 0 bridgehead atoms. The zero-order valence-electron chi connectivity index (χ0n) is 35.8. The molecule has 68 heavy (non-hydrogen) atoms. The molecule has 0 amide bonds. The van der Waals surface area contributed by atoms with Gasteiger partial charge < -0.3 is 133 Å². The van der Waals surface area contributed by atoms with Crippen LogP contribution in [-0.4, -0.2) is 268 Å². The lowest BCUT2D eigenvalue weighted by molar-refractivity contribution is -0.392. The third kappa shape index (κ3) is 10.6. The van der Waals surface area contributed by atoms with Crippen LogP contribution < -0.4 is 10.4 Å². The van der Waals surface area contributed by atoms with Gasteiger partial charge in [-0.2, -0.15) is 0 Å². The van der Waals surface area contributed by atoms with Crippen LogP contribution in [0, 0.1) is 6.92 Å². The SMILES string of the molecule is Cc1cc(=O)oc2cc(O[C@@H]3OC(CO)[C@@H](O[C@@H]4OC(CO)[C@@H](O[C@@H]5OC(CO)[C@@H](O[C@@H]6OC(CO)[C@@H](O[C@@H]7OC(CO)[C@@H](O)[C@H](O)C7O)[C@H](O)C6O)[C@H](O)C5O)[C@H](O)C4O)[C@H](O)C3O)ccc12. The number of aliphatic hydroxyl groups excluding tert-OH is 16. The topological polar surface area (TPSA) is 446 Å². The second-order valence-electron chi connectivity index (χ2n) is 17.0. The highest BCUT2D eigenvalue weighted by atomic mass is 16.8.